The molecule has 1 atom stereocenters. The van der Waals surface area contributed by atoms with Gasteiger partial charge in [0.25, 0.3) is 0 Å². The minimum Gasteiger partial charge on any atom is -0.464 e. The molecule has 0 saturated heterocycles. The molecule has 3 rings (SSSR count). The molecule has 7 heteroatoms. The van der Waals surface area contributed by atoms with E-state index in [1.807, 2.05) is 30.3 Å². The summed E-state index contributed by atoms with van der Waals surface area (Å²) in [6.07, 6.45) is 0. The highest BCUT2D eigenvalue weighted by atomic mass is 32.1. The summed E-state index contributed by atoms with van der Waals surface area (Å²) in [5.41, 5.74) is 0.954. The summed E-state index contributed by atoms with van der Waals surface area (Å²) in [5.74, 6) is -1.00. The van der Waals surface area contributed by atoms with Gasteiger partial charge in [-0.1, -0.05) is 36.4 Å². The lowest BCUT2D eigenvalue weighted by Gasteiger charge is -2.39. The highest BCUT2D eigenvalue weighted by Crippen LogP contribution is 2.38. The Balaban J connectivity index is 2.28. The number of ether oxygens (including phenoxy) is 1. The molecule has 2 amide bonds. The molecule has 2 aromatic rings. The van der Waals surface area contributed by atoms with Crippen LogP contribution in [0.2, 0.25) is 0 Å². The predicted octanol–water partition coefficient (Wildman–Crippen LogP) is 3.10. The van der Waals surface area contributed by atoms with Gasteiger partial charge in [0.15, 0.2) is 0 Å². The van der Waals surface area contributed by atoms with E-state index in [1.54, 1.807) is 24.6 Å². The number of methoxy groups -OCH3 is 1. The molecule has 0 fully saturated rings. The third-order valence-electron chi connectivity index (χ3n) is 4.32. The molecule has 0 N–H and O–H groups in total. The standard InChI is InChI=1S/C19H18N2O4S/c1-20-15(12-8-5-4-6-9-12)14(17(22)13-10-7-11-26-13)16(18(23)25-3)21(2)19(20)24/h4-11,15H,1-3H3. The van der Waals surface area contributed by atoms with E-state index < -0.39 is 12.0 Å². The van der Waals surface area contributed by atoms with Crippen LogP contribution < -0.4 is 0 Å². The molecule has 1 aromatic heterocycles. The quantitative estimate of drug-likeness (QED) is 0.613. The van der Waals surface area contributed by atoms with Crippen LogP contribution in [-0.4, -0.2) is 48.8 Å². The number of Topliss-reactive ketones (excluding diaryl/α,β-unsaturated/α-hetero) is 1. The molecule has 0 saturated carbocycles. The van der Waals surface area contributed by atoms with E-state index in [2.05, 4.69) is 0 Å². The molecule has 0 radical (unpaired) electrons. The highest BCUT2D eigenvalue weighted by Gasteiger charge is 2.43. The number of carbonyl (C=O) groups is 3. The molecule has 0 aliphatic carbocycles. The summed E-state index contributed by atoms with van der Waals surface area (Å²) in [7, 11) is 4.32. The van der Waals surface area contributed by atoms with Crippen molar-refractivity contribution in [2.24, 2.45) is 0 Å². The van der Waals surface area contributed by atoms with Gasteiger partial charge < -0.3 is 9.64 Å². The summed E-state index contributed by atoms with van der Waals surface area (Å²) in [6, 6.07) is 11.6. The summed E-state index contributed by atoms with van der Waals surface area (Å²) in [6.45, 7) is 0. The van der Waals surface area contributed by atoms with Crippen molar-refractivity contribution < 1.29 is 19.1 Å². The third kappa shape index (κ3) is 2.90. The SMILES string of the molecule is COC(=O)C1=C(C(=O)c2cccs2)C(c2ccccc2)N(C)C(=O)N1C. The monoisotopic (exact) mass is 370 g/mol. The number of likely N-dealkylation sites (N-methyl/N-ethyl adjacent to an activating group) is 2. The molecular formula is C19H18N2O4S. The van der Waals surface area contributed by atoms with Crippen LogP contribution in [0, 0.1) is 0 Å². The fourth-order valence-corrected chi connectivity index (χ4v) is 3.77. The number of hydrogen-bond acceptors (Lipinski definition) is 5. The first-order valence-corrected chi connectivity index (χ1v) is 8.81. The van der Waals surface area contributed by atoms with Gasteiger partial charge in [-0.2, -0.15) is 0 Å². The van der Waals surface area contributed by atoms with Crippen molar-refractivity contribution in [3.05, 3.63) is 69.6 Å². The van der Waals surface area contributed by atoms with Crippen LogP contribution in [0.4, 0.5) is 4.79 Å². The highest BCUT2D eigenvalue weighted by molar-refractivity contribution is 7.12. The maximum Gasteiger partial charge on any atom is 0.355 e. The molecular weight excluding hydrogens is 352 g/mol. The molecule has 1 aliphatic rings. The zero-order chi connectivity index (χ0) is 18.8. The normalized spacial score (nSPS) is 17.5. The number of hydrogen-bond donors (Lipinski definition) is 0. The van der Waals surface area contributed by atoms with Crippen molar-refractivity contribution in [1.29, 1.82) is 0 Å². The van der Waals surface area contributed by atoms with Crippen molar-refractivity contribution in [3.63, 3.8) is 0 Å². The van der Waals surface area contributed by atoms with Crippen LogP contribution in [0.15, 0.2) is 59.1 Å². The lowest BCUT2D eigenvalue weighted by atomic mass is 9.90. The van der Waals surface area contributed by atoms with E-state index in [1.165, 1.54) is 35.3 Å². The Morgan fingerprint density at radius 1 is 1.08 bits per heavy atom. The van der Waals surface area contributed by atoms with Gasteiger partial charge in [-0.05, 0) is 17.0 Å². The van der Waals surface area contributed by atoms with Crippen LogP contribution in [0.5, 0.6) is 0 Å². The summed E-state index contributed by atoms with van der Waals surface area (Å²) < 4.78 is 4.87. The number of rotatable bonds is 4. The zero-order valence-electron chi connectivity index (χ0n) is 14.6. The Labute approximate surface area is 155 Å². The number of carbonyl (C=O) groups excluding carboxylic acids is 3. The first-order valence-electron chi connectivity index (χ1n) is 7.93. The molecule has 134 valence electrons. The van der Waals surface area contributed by atoms with Gasteiger partial charge in [0, 0.05) is 14.1 Å². The lowest BCUT2D eigenvalue weighted by molar-refractivity contribution is -0.137. The lowest BCUT2D eigenvalue weighted by Crippen LogP contribution is -2.49. The van der Waals surface area contributed by atoms with Crippen molar-refractivity contribution in [3.8, 4) is 0 Å². The van der Waals surface area contributed by atoms with Gasteiger partial charge in [-0.25, -0.2) is 9.59 Å². The number of amides is 2. The van der Waals surface area contributed by atoms with Gasteiger partial charge in [0.05, 0.1) is 23.6 Å². The van der Waals surface area contributed by atoms with Crippen molar-refractivity contribution >= 4 is 29.1 Å². The Bertz CT molecular complexity index is 874. The molecule has 2 heterocycles. The molecule has 1 unspecified atom stereocenters. The van der Waals surface area contributed by atoms with E-state index in [0.717, 1.165) is 5.56 Å². The minimum atomic E-state index is -0.713. The van der Waals surface area contributed by atoms with Crippen LogP contribution in [-0.2, 0) is 9.53 Å². The van der Waals surface area contributed by atoms with Gasteiger partial charge in [-0.15, -0.1) is 11.3 Å². The molecule has 0 spiro atoms. The van der Waals surface area contributed by atoms with Crippen molar-refractivity contribution in [1.82, 2.24) is 9.80 Å². The van der Waals surface area contributed by atoms with Crippen LogP contribution in [0.1, 0.15) is 21.3 Å². The Morgan fingerprint density at radius 2 is 1.77 bits per heavy atom. The number of esters is 1. The Morgan fingerprint density at radius 3 is 2.35 bits per heavy atom. The van der Waals surface area contributed by atoms with E-state index in [0.29, 0.717) is 4.88 Å². The van der Waals surface area contributed by atoms with Gasteiger partial charge in [-0.3, -0.25) is 9.69 Å². The average Bonchev–Trinajstić information content (AvgIpc) is 3.20. The third-order valence-corrected chi connectivity index (χ3v) is 5.19. The summed E-state index contributed by atoms with van der Waals surface area (Å²) >= 11 is 1.29. The molecule has 1 aliphatic heterocycles. The van der Waals surface area contributed by atoms with E-state index in [4.69, 9.17) is 4.74 Å². The first-order chi connectivity index (χ1) is 12.5. The fraction of sp³-hybridized carbons (Fsp3) is 0.211. The molecule has 6 nitrogen and oxygen atoms in total. The topological polar surface area (TPSA) is 66.9 Å². The van der Waals surface area contributed by atoms with Crippen molar-refractivity contribution in [2.75, 3.05) is 21.2 Å². The first kappa shape index (κ1) is 17.9. The predicted molar refractivity (Wildman–Crippen MR) is 97.8 cm³/mol. The number of ketones is 1. The van der Waals surface area contributed by atoms with Crippen LogP contribution in [0.25, 0.3) is 0 Å². The minimum absolute atomic E-state index is 0.0251. The maximum absolute atomic E-state index is 13.3. The maximum atomic E-state index is 13.3. The Hall–Kier alpha value is -2.93. The summed E-state index contributed by atoms with van der Waals surface area (Å²) in [4.78, 5) is 41.5. The summed E-state index contributed by atoms with van der Waals surface area (Å²) in [5, 5.41) is 1.80. The number of thiophene rings is 1. The second kappa shape index (κ2) is 7.13. The van der Waals surface area contributed by atoms with Gasteiger partial charge in [0.2, 0.25) is 5.78 Å². The largest absolute Gasteiger partial charge is 0.464 e. The zero-order valence-corrected chi connectivity index (χ0v) is 15.4. The smallest absolute Gasteiger partial charge is 0.355 e. The average molecular weight is 370 g/mol. The van der Waals surface area contributed by atoms with Crippen molar-refractivity contribution in [2.45, 2.75) is 6.04 Å². The van der Waals surface area contributed by atoms with E-state index >= 15 is 0 Å². The van der Waals surface area contributed by atoms with E-state index in [9.17, 15) is 14.4 Å². The second-order valence-corrected chi connectivity index (χ2v) is 6.77. The van der Waals surface area contributed by atoms with Crippen LogP contribution >= 0.6 is 11.3 Å². The van der Waals surface area contributed by atoms with Crippen LogP contribution in [0.3, 0.4) is 0 Å². The molecule has 1 aromatic carbocycles. The van der Waals surface area contributed by atoms with E-state index in [-0.39, 0.29) is 23.1 Å². The van der Waals surface area contributed by atoms with Gasteiger partial charge >= 0.3 is 12.0 Å². The van der Waals surface area contributed by atoms with Gasteiger partial charge in [0.1, 0.15) is 5.70 Å². The number of benzene rings is 1. The second-order valence-electron chi connectivity index (χ2n) is 5.83. The number of urea groups is 1. The Kier molecular flexibility index (Phi) is 4.90. The fourth-order valence-electron chi connectivity index (χ4n) is 3.09. The number of nitrogens with zero attached hydrogens (tertiary/aromatic N) is 2. The molecule has 26 heavy (non-hydrogen) atoms. The molecule has 0 bridgehead atoms.